The normalized spacial score (nSPS) is 22.2. The molecule has 0 unspecified atom stereocenters. The lowest BCUT2D eigenvalue weighted by Crippen LogP contribution is -2.42. The maximum absolute atomic E-state index is 6.01. The molecular weight excluding hydrogens is 264 g/mol. The Morgan fingerprint density at radius 3 is 2.57 bits per heavy atom. The SMILES string of the molecule is CCN(c1nnnn1-c1ccccc1)C1CCC(N)CC1. The summed E-state index contributed by atoms with van der Waals surface area (Å²) in [6, 6.07) is 10.9. The van der Waals surface area contributed by atoms with E-state index in [2.05, 4.69) is 27.3 Å². The number of nitrogens with two attached hydrogens (primary N) is 1. The summed E-state index contributed by atoms with van der Waals surface area (Å²) in [5.74, 6) is 0.823. The highest BCUT2D eigenvalue weighted by molar-refractivity contribution is 5.41. The number of nitrogens with zero attached hydrogens (tertiary/aromatic N) is 5. The van der Waals surface area contributed by atoms with Crippen LogP contribution >= 0.6 is 0 Å². The highest BCUT2D eigenvalue weighted by Crippen LogP contribution is 2.26. The monoisotopic (exact) mass is 286 g/mol. The van der Waals surface area contributed by atoms with Crippen molar-refractivity contribution in [3.8, 4) is 5.69 Å². The number of benzene rings is 1. The number of hydrogen-bond acceptors (Lipinski definition) is 5. The van der Waals surface area contributed by atoms with E-state index in [-0.39, 0.29) is 0 Å². The van der Waals surface area contributed by atoms with Gasteiger partial charge in [0.15, 0.2) is 0 Å². The lowest BCUT2D eigenvalue weighted by atomic mass is 9.91. The van der Waals surface area contributed by atoms with Crippen molar-refractivity contribution in [3.05, 3.63) is 30.3 Å². The second-order valence-corrected chi connectivity index (χ2v) is 5.58. The van der Waals surface area contributed by atoms with Crippen LogP contribution in [0.1, 0.15) is 32.6 Å². The number of aromatic nitrogens is 4. The fourth-order valence-corrected chi connectivity index (χ4v) is 3.07. The van der Waals surface area contributed by atoms with E-state index in [0.29, 0.717) is 12.1 Å². The molecule has 6 heteroatoms. The quantitative estimate of drug-likeness (QED) is 0.927. The Morgan fingerprint density at radius 2 is 1.90 bits per heavy atom. The molecule has 0 bridgehead atoms. The van der Waals surface area contributed by atoms with E-state index < -0.39 is 0 Å². The molecule has 0 saturated heterocycles. The Kier molecular flexibility index (Phi) is 4.15. The van der Waals surface area contributed by atoms with Crippen molar-refractivity contribution >= 4 is 5.95 Å². The molecule has 0 radical (unpaired) electrons. The Bertz CT molecular complexity index is 559. The third-order valence-corrected chi connectivity index (χ3v) is 4.23. The molecule has 1 heterocycles. The van der Waals surface area contributed by atoms with Crippen LogP contribution < -0.4 is 10.6 Å². The van der Waals surface area contributed by atoms with Crippen LogP contribution in [0.15, 0.2) is 30.3 Å². The van der Waals surface area contributed by atoms with Crippen LogP contribution in [0.3, 0.4) is 0 Å². The number of rotatable bonds is 4. The van der Waals surface area contributed by atoms with Crippen molar-refractivity contribution in [3.63, 3.8) is 0 Å². The molecule has 1 aromatic heterocycles. The van der Waals surface area contributed by atoms with Crippen LogP contribution in [0.25, 0.3) is 5.69 Å². The molecule has 1 aromatic carbocycles. The highest BCUT2D eigenvalue weighted by Gasteiger charge is 2.27. The van der Waals surface area contributed by atoms with Gasteiger partial charge in [-0.1, -0.05) is 23.3 Å². The third kappa shape index (κ3) is 2.90. The zero-order valence-corrected chi connectivity index (χ0v) is 12.4. The molecule has 0 spiro atoms. The van der Waals surface area contributed by atoms with Crippen LogP contribution in [-0.2, 0) is 0 Å². The molecule has 1 saturated carbocycles. The van der Waals surface area contributed by atoms with Gasteiger partial charge in [-0.3, -0.25) is 0 Å². The molecule has 2 N–H and O–H groups in total. The summed E-state index contributed by atoms with van der Waals surface area (Å²) in [7, 11) is 0. The number of hydrogen-bond donors (Lipinski definition) is 1. The van der Waals surface area contributed by atoms with E-state index >= 15 is 0 Å². The number of para-hydroxylation sites is 1. The first kappa shape index (κ1) is 14.0. The van der Waals surface area contributed by atoms with Crippen LogP contribution in [0.4, 0.5) is 5.95 Å². The fraction of sp³-hybridized carbons (Fsp3) is 0.533. The summed E-state index contributed by atoms with van der Waals surface area (Å²) in [6.07, 6.45) is 4.37. The van der Waals surface area contributed by atoms with Gasteiger partial charge in [-0.25, -0.2) is 0 Å². The summed E-state index contributed by atoms with van der Waals surface area (Å²) in [5, 5.41) is 12.3. The van der Waals surface area contributed by atoms with Crippen LogP contribution in [0, 0.1) is 0 Å². The minimum atomic E-state index is 0.352. The maximum Gasteiger partial charge on any atom is 0.250 e. The van der Waals surface area contributed by atoms with Gasteiger partial charge in [0.1, 0.15) is 0 Å². The lowest BCUT2D eigenvalue weighted by molar-refractivity contribution is 0.374. The second kappa shape index (κ2) is 6.22. The van der Waals surface area contributed by atoms with Gasteiger partial charge in [-0.2, -0.15) is 4.68 Å². The summed E-state index contributed by atoms with van der Waals surface area (Å²) in [4.78, 5) is 2.30. The van der Waals surface area contributed by atoms with E-state index in [1.807, 2.05) is 35.0 Å². The van der Waals surface area contributed by atoms with Crippen LogP contribution in [-0.4, -0.2) is 38.8 Å². The second-order valence-electron chi connectivity index (χ2n) is 5.58. The maximum atomic E-state index is 6.01. The largest absolute Gasteiger partial charge is 0.337 e. The predicted molar refractivity (Wildman–Crippen MR) is 82.4 cm³/mol. The highest BCUT2D eigenvalue weighted by atomic mass is 15.6. The predicted octanol–water partition coefficient (Wildman–Crippen LogP) is 1.76. The average molecular weight is 286 g/mol. The molecule has 2 aromatic rings. The van der Waals surface area contributed by atoms with Crippen molar-refractivity contribution in [1.82, 2.24) is 20.2 Å². The lowest BCUT2D eigenvalue weighted by Gasteiger charge is -2.35. The summed E-state index contributed by atoms with van der Waals surface area (Å²) < 4.78 is 1.82. The first-order valence-corrected chi connectivity index (χ1v) is 7.65. The molecule has 21 heavy (non-hydrogen) atoms. The zero-order valence-electron chi connectivity index (χ0n) is 12.4. The third-order valence-electron chi connectivity index (χ3n) is 4.23. The minimum Gasteiger partial charge on any atom is -0.337 e. The smallest absolute Gasteiger partial charge is 0.250 e. The van der Waals surface area contributed by atoms with Gasteiger partial charge in [0.05, 0.1) is 5.69 Å². The van der Waals surface area contributed by atoms with Gasteiger partial charge in [0, 0.05) is 18.6 Å². The van der Waals surface area contributed by atoms with Gasteiger partial charge in [0.25, 0.3) is 5.95 Å². The van der Waals surface area contributed by atoms with Crippen molar-refractivity contribution in [2.75, 3.05) is 11.4 Å². The molecule has 0 atom stereocenters. The first-order valence-electron chi connectivity index (χ1n) is 7.65. The van der Waals surface area contributed by atoms with Gasteiger partial charge >= 0.3 is 0 Å². The fourth-order valence-electron chi connectivity index (χ4n) is 3.07. The zero-order chi connectivity index (χ0) is 14.7. The molecule has 1 fully saturated rings. The van der Waals surface area contributed by atoms with Crippen molar-refractivity contribution in [2.24, 2.45) is 5.73 Å². The Balaban J connectivity index is 1.87. The molecule has 0 aliphatic heterocycles. The summed E-state index contributed by atoms with van der Waals surface area (Å²) in [6.45, 7) is 3.05. The van der Waals surface area contributed by atoms with Gasteiger partial charge in [0.2, 0.25) is 0 Å². The van der Waals surface area contributed by atoms with Crippen molar-refractivity contribution < 1.29 is 0 Å². The molecular formula is C15H22N6. The van der Waals surface area contributed by atoms with E-state index in [1.54, 1.807) is 0 Å². The van der Waals surface area contributed by atoms with E-state index in [0.717, 1.165) is 43.9 Å². The van der Waals surface area contributed by atoms with Gasteiger partial charge in [-0.05, 0) is 55.2 Å². The number of anilines is 1. The van der Waals surface area contributed by atoms with Gasteiger partial charge < -0.3 is 10.6 Å². The standard InChI is InChI=1S/C15H22N6/c1-2-20(13-10-8-12(16)9-11-13)15-17-18-19-21(15)14-6-4-3-5-7-14/h3-7,12-13H,2,8-11,16H2,1H3. The molecule has 112 valence electrons. The van der Waals surface area contributed by atoms with Crippen LogP contribution in [0.2, 0.25) is 0 Å². The Morgan fingerprint density at radius 1 is 1.19 bits per heavy atom. The Labute approximate surface area is 124 Å². The molecule has 6 nitrogen and oxygen atoms in total. The molecule has 1 aliphatic carbocycles. The molecule has 1 aliphatic rings. The molecule has 3 rings (SSSR count). The minimum absolute atomic E-state index is 0.352. The Hall–Kier alpha value is -1.95. The summed E-state index contributed by atoms with van der Waals surface area (Å²) in [5.41, 5.74) is 7.00. The van der Waals surface area contributed by atoms with Gasteiger partial charge in [-0.15, -0.1) is 0 Å². The first-order chi connectivity index (χ1) is 10.3. The summed E-state index contributed by atoms with van der Waals surface area (Å²) >= 11 is 0. The van der Waals surface area contributed by atoms with Crippen molar-refractivity contribution in [2.45, 2.75) is 44.7 Å². The van der Waals surface area contributed by atoms with E-state index in [1.165, 1.54) is 0 Å². The van der Waals surface area contributed by atoms with E-state index in [9.17, 15) is 0 Å². The topological polar surface area (TPSA) is 72.9 Å². The van der Waals surface area contributed by atoms with Crippen molar-refractivity contribution in [1.29, 1.82) is 0 Å². The average Bonchev–Trinajstić information content (AvgIpc) is 3.00. The molecule has 0 amide bonds. The number of tetrazole rings is 1. The van der Waals surface area contributed by atoms with E-state index in [4.69, 9.17) is 5.73 Å². The van der Waals surface area contributed by atoms with Crippen LogP contribution in [0.5, 0.6) is 0 Å².